The molecule has 194 valence electrons. The summed E-state index contributed by atoms with van der Waals surface area (Å²) in [5.41, 5.74) is 1.48. The molecule has 0 fully saturated rings. The number of aryl methyl sites for hydroxylation is 1. The number of sulfone groups is 1. The van der Waals surface area contributed by atoms with Crippen LogP contribution in [0.2, 0.25) is 0 Å². The van der Waals surface area contributed by atoms with Crippen molar-refractivity contribution < 1.29 is 21.6 Å². The van der Waals surface area contributed by atoms with Crippen LogP contribution in [-0.2, 0) is 19.9 Å². The summed E-state index contributed by atoms with van der Waals surface area (Å²) >= 11 is 0. The number of amides is 1. The van der Waals surface area contributed by atoms with Crippen LogP contribution in [0.4, 0.5) is 17.3 Å². The minimum Gasteiger partial charge on any atom is -0.344 e. The Balaban J connectivity index is 1.62. The van der Waals surface area contributed by atoms with Crippen molar-refractivity contribution in [1.82, 2.24) is 9.97 Å². The lowest BCUT2D eigenvalue weighted by Gasteiger charge is -2.17. The van der Waals surface area contributed by atoms with Gasteiger partial charge in [-0.15, -0.1) is 0 Å². The normalized spacial score (nSPS) is 11.4. The molecule has 11 nitrogen and oxygen atoms in total. The van der Waals surface area contributed by atoms with Crippen LogP contribution in [0.1, 0.15) is 28.2 Å². The van der Waals surface area contributed by atoms with Crippen molar-refractivity contribution in [1.29, 1.82) is 5.26 Å². The number of nitrogens with zero attached hydrogens (tertiary/aromatic N) is 4. The molecule has 0 bridgehead atoms. The fourth-order valence-electron chi connectivity index (χ4n) is 3.40. The van der Waals surface area contributed by atoms with Crippen molar-refractivity contribution >= 4 is 43.1 Å². The van der Waals surface area contributed by atoms with E-state index in [0.29, 0.717) is 30.3 Å². The van der Waals surface area contributed by atoms with Gasteiger partial charge >= 0.3 is 0 Å². The number of anilines is 3. The number of para-hydroxylation sites is 1. The van der Waals surface area contributed by atoms with Crippen LogP contribution in [0, 0.1) is 18.3 Å². The fraction of sp³-hybridized carbons (Fsp3) is 0.250. The Kier molecular flexibility index (Phi) is 8.46. The Bertz CT molecular complexity index is 1550. The SMILES string of the molecule is Cc1cc(C#N)nc(N(C)CCCS(=O)(=O)c2ccc(NC(=O)c3ccccc3NS(C)(=O)=O)cc2)n1. The van der Waals surface area contributed by atoms with Crippen LogP contribution in [0.3, 0.4) is 0 Å². The number of carbonyl (C=O) groups excluding carboxylic acids is 1. The van der Waals surface area contributed by atoms with Gasteiger partial charge in [-0.3, -0.25) is 9.52 Å². The van der Waals surface area contributed by atoms with Gasteiger partial charge in [0.2, 0.25) is 16.0 Å². The molecule has 13 heteroatoms. The van der Waals surface area contributed by atoms with E-state index in [-0.39, 0.29) is 27.6 Å². The first kappa shape index (κ1) is 27.6. The number of carbonyl (C=O) groups is 1. The molecule has 2 N–H and O–H groups in total. The molecule has 1 amide bonds. The predicted molar refractivity (Wildman–Crippen MR) is 141 cm³/mol. The first-order valence-electron chi connectivity index (χ1n) is 11.1. The highest BCUT2D eigenvalue weighted by atomic mass is 32.2. The third-order valence-electron chi connectivity index (χ3n) is 5.14. The summed E-state index contributed by atoms with van der Waals surface area (Å²) in [6, 6.07) is 15.4. The second kappa shape index (κ2) is 11.4. The number of rotatable bonds is 10. The topological polar surface area (TPSA) is 162 Å². The second-order valence-electron chi connectivity index (χ2n) is 8.30. The minimum atomic E-state index is -3.59. The van der Waals surface area contributed by atoms with Gasteiger partial charge in [0, 0.05) is 25.0 Å². The van der Waals surface area contributed by atoms with Gasteiger partial charge < -0.3 is 10.2 Å². The fourth-order valence-corrected chi connectivity index (χ4v) is 5.28. The van der Waals surface area contributed by atoms with Crippen molar-refractivity contribution in [2.24, 2.45) is 0 Å². The number of nitriles is 1. The van der Waals surface area contributed by atoms with E-state index in [1.54, 1.807) is 37.1 Å². The second-order valence-corrected chi connectivity index (χ2v) is 12.2. The Morgan fingerprint density at radius 3 is 2.38 bits per heavy atom. The monoisotopic (exact) mass is 542 g/mol. The van der Waals surface area contributed by atoms with E-state index in [0.717, 1.165) is 6.26 Å². The first-order chi connectivity index (χ1) is 17.4. The third-order valence-corrected chi connectivity index (χ3v) is 7.55. The van der Waals surface area contributed by atoms with Crippen LogP contribution < -0.4 is 14.9 Å². The Labute approximate surface area is 216 Å². The van der Waals surface area contributed by atoms with E-state index < -0.39 is 25.8 Å². The highest BCUT2D eigenvalue weighted by molar-refractivity contribution is 7.92. The first-order valence-corrected chi connectivity index (χ1v) is 14.6. The number of benzene rings is 2. The minimum absolute atomic E-state index is 0.103. The van der Waals surface area contributed by atoms with E-state index in [2.05, 4.69) is 20.0 Å². The molecule has 0 aliphatic heterocycles. The number of hydrogen-bond donors (Lipinski definition) is 2. The molecule has 3 aromatic rings. The van der Waals surface area contributed by atoms with Gasteiger partial charge in [0.05, 0.1) is 28.2 Å². The van der Waals surface area contributed by atoms with E-state index in [1.807, 2.05) is 6.07 Å². The number of aromatic nitrogens is 2. The third kappa shape index (κ3) is 7.73. The summed E-state index contributed by atoms with van der Waals surface area (Å²) in [6.07, 6.45) is 1.29. The molecule has 0 atom stereocenters. The summed E-state index contributed by atoms with van der Waals surface area (Å²) in [4.78, 5) is 22.9. The van der Waals surface area contributed by atoms with Crippen LogP contribution in [-0.4, -0.2) is 58.3 Å². The summed E-state index contributed by atoms with van der Waals surface area (Å²) in [6.45, 7) is 2.12. The molecule has 0 radical (unpaired) electrons. The molecule has 0 unspecified atom stereocenters. The number of nitrogens with one attached hydrogen (secondary N) is 2. The Morgan fingerprint density at radius 1 is 1.05 bits per heavy atom. The average Bonchev–Trinajstić information content (AvgIpc) is 2.83. The quantitative estimate of drug-likeness (QED) is 0.392. The molecule has 0 aliphatic carbocycles. The predicted octanol–water partition coefficient (Wildman–Crippen LogP) is 2.58. The number of sulfonamides is 1. The van der Waals surface area contributed by atoms with Crippen molar-refractivity contribution in [3.63, 3.8) is 0 Å². The van der Waals surface area contributed by atoms with Gasteiger partial charge in [-0.25, -0.2) is 26.8 Å². The molecule has 3 rings (SSSR count). The summed E-state index contributed by atoms with van der Waals surface area (Å²) in [5.74, 6) is -0.324. The highest BCUT2D eigenvalue weighted by Crippen LogP contribution is 2.20. The molecular weight excluding hydrogens is 516 g/mol. The smallest absolute Gasteiger partial charge is 0.257 e. The molecule has 0 spiro atoms. The van der Waals surface area contributed by atoms with Gasteiger partial charge in [-0.05, 0) is 55.8 Å². The van der Waals surface area contributed by atoms with E-state index in [1.165, 1.54) is 36.4 Å². The largest absolute Gasteiger partial charge is 0.344 e. The van der Waals surface area contributed by atoms with Gasteiger partial charge in [-0.1, -0.05) is 12.1 Å². The molecule has 1 heterocycles. The van der Waals surface area contributed by atoms with Crippen molar-refractivity contribution in [2.75, 3.05) is 40.5 Å². The lowest BCUT2D eigenvalue weighted by Crippen LogP contribution is -2.23. The summed E-state index contributed by atoms with van der Waals surface area (Å²) < 4.78 is 51.0. The highest BCUT2D eigenvalue weighted by Gasteiger charge is 2.17. The average molecular weight is 543 g/mol. The van der Waals surface area contributed by atoms with Crippen molar-refractivity contribution in [2.45, 2.75) is 18.2 Å². The zero-order chi connectivity index (χ0) is 27.2. The van der Waals surface area contributed by atoms with Gasteiger partial charge in [0.15, 0.2) is 9.84 Å². The molecular formula is C24H26N6O5S2. The molecule has 0 saturated heterocycles. The maximum atomic E-state index is 12.8. The van der Waals surface area contributed by atoms with Crippen LogP contribution in [0.5, 0.6) is 0 Å². The molecule has 2 aromatic carbocycles. The Hall–Kier alpha value is -4.02. The zero-order valence-electron chi connectivity index (χ0n) is 20.5. The van der Waals surface area contributed by atoms with E-state index >= 15 is 0 Å². The standard InChI is InChI=1S/C24H26N6O5S2/c1-17-15-19(16-25)28-24(26-17)30(2)13-6-14-37(34,35)20-11-9-18(10-12-20)27-23(31)21-7-4-5-8-22(21)29-36(3,32)33/h4-5,7-12,15,29H,6,13-14H2,1-3H3,(H,27,31). The molecule has 0 saturated carbocycles. The van der Waals surface area contributed by atoms with E-state index in [4.69, 9.17) is 5.26 Å². The van der Waals surface area contributed by atoms with Crippen LogP contribution in [0.25, 0.3) is 0 Å². The van der Waals surface area contributed by atoms with Crippen LogP contribution >= 0.6 is 0 Å². The van der Waals surface area contributed by atoms with Gasteiger partial charge in [0.25, 0.3) is 5.91 Å². The molecule has 0 aliphatic rings. The lowest BCUT2D eigenvalue weighted by molar-refractivity contribution is 0.102. The maximum Gasteiger partial charge on any atom is 0.257 e. The zero-order valence-corrected chi connectivity index (χ0v) is 22.1. The number of hydrogen-bond acceptors (Lipinski definition) is 9. The van der Waals surface area contributed by atoms with Gasteiger partial charge in [0.1, 0.15) is 11.8 Å². The van der Waals surface area contributed by atoms with Crippen LogP contribution in [0.15, 0.2) is 59.5 Å². The lowest BCUT2D eigenvalue weighted by atomic mass is 10.1. The van der Waals surface area contributed by atoms with Crippen molar-refractivity contribution in [3.8, 4) is 6.07 Å². The summed E-state index contributed by atoms with van der Waals surface area (Å²) in [7, 11) is -5.45. The molecule has 37 heavy (non-hydrogen) atoms. The molecule has 1 aromatic heterocycles. The van der Waals surface area contributed by atoms with E-state index in [9.17, 15) is 21.6 Å². The summed E-state index contributed by atoms with van der Waals surface area (Å²) in [5, 5.41) is 11.7. The van der Waals surface area contributed by atoms with Gasteiger partial charge in [-0.2, -0.15) is 5.26 Å². The maximum absolute atomic E-state index is 12.8. The Morgan fingerprint density at radius 2 is 1.73 bits per heavy atom. The van der Waals surface area contributed by atoms with Crippen molar-refractivity contribution in [3.05, 3.63) is 71.5 Å².